The van der Waals surface area contributed by atoms with Crippen molar-refractivity contribution in [3.63, 3.8) is 0 Å². The number of nitrogens with one attached hydrogen (secondary N) is 1. The molecular weight excluding hydrogens is 302 g/mol. The van der Waals surface area contributed by atoms with Crippen LogP contribution >= 0.6 is 0 Å². The third-order valence-corrected chi connectivity index (χ3v) is 3.66. The number of nitrogens with zero attached hydrogens (tertiary/aromatic N) is 2. The fraction of sp³-hybridized carbons (Fsp3) is 0.467. The highest BCUT2D eigenvalue weighted by molar-refractivity contribution is 5.93. The molecule has 0 unspecified atom stereocenters. The molecule has 1 saturated carbocycles. The van der Waals surface area contributed by atoms with Gasteiger partial charge in [-0.15, -0.1) is 0 Å². The van der Waals surface area contributed by atoms with E-state index in [1.165, 1.54) is 12.1 Å². The molecule has 122 valence electrons. The molecule has 23 heavy (non-hydrogen) atoms. The van der Waals surface area contributed by atoms with Crippen molar-refractivity contribution in [2.45, 2.75) is 38.6 Å². The normalized spacial score (nSPS) is 15.6. The van der Waals surface area contributed by atoms with E-state index in [2.05, 4.69) is 15.5 Å². The molecule has 0 aromatic carbocycles. The second kappa shape index (κ2) is 5.86. The Balaban J connectivity index is 1.75. The fourth-order valence-electron chi connectivity index (χ4n) is 2.18. The van der Waals surface area contributed by atoms with Gasteiger partial charge in [0.1, 0.15) is 6.04 Å². The van der Waals surface area contributed by atoms with Crippen molar-refractivity contribution in [2.24, 2.45) is 5.92 Å². The van der Waals surface area contributed by atoms with Crippen LogP contribution in [0.15, 0.2) is 21.1 Å². The molecule has 1 atom stereocenters. The predicted molar refractivity (Wildman–Crippen MR) is 77.0 cm³/mol. The lowest BCUT2D eigenvalue weighted by Gasteiger charge is -2.17. The van der Waals surface area contributed by atoms with Crippen molar-refractivity contribution in [1.82, 2.24) is 15.5 Å². The van der Waals surface area contributed by atoms with Gasteiger partial charge >= 0.3 is 5.97 Å². The molecule has 3 rings (SSSR count). The van der Waals surface area contributed by atoms with Crippen molar-refractivity contribution < 1.29 is 23.6 Å². The van der Waals surface area contributed by atoms with Crippen LogP contribution in [0, 0.1) is 5.92 Å². The number of carboxylic acid groups (broad SMARTS) is 1. The maximum Gasteiger partial charge on any atom is 0.371 e. The number of aromatic nitrogens is 2. The van der Waals surface area contributed by atoms with Gasteiger partial charge in [-0.2, -0.15) is 4.98 Å². The number of hydrogen-bond donors (Lipinski definition) is 2. The van der Waals surface area contributed by atoms with Crippen LogP contribution in [0.5, 0.6) is 0 Å². The summed E-state index contributed by atoms with van der Waals surface area (Å²) in [7, 11) is 0. The second-order valence-electron chi connectivity index (χ2n) is 5.93. The largest absolute Gasteiger partial charge is 0.475 e. The fourth-order valence-corrected chi connectivity index (χ4v) is 2.18. The highest BCUT2D eigenvalue weighted by Crippen LogP contribution is 2.38. The van der Waals surface area contributed by atoms with E-state index in [9.17, 15) is 9.59 Å². The standard InChI is InChI=1S/C15H17N3O5/c1-7(2)11(14-17-12(18-23-14)8-3-4-8)16-13(19)9-5-6-10(22-9)15(20)21/h5-8,11H,3-4H2,1-2H3,(H,16,19)(H,20,21)/t11-/m0/s1. The Morgan fingerprint density at radius 1 is 1.30 bits per heavy atom. The van der Waals surface area contributed by atoms with Crippen molar-refractivity contribution in [1.29, 1.82) is 0 Å². The number of rotatable bonds is 6. The number of carboxylic acids is 1. The lowest BCUT2D eigenvalue weighted by atomic mass is 10.0. The highest BCUT2D eigenvalue weighted by Gasteiger charge is 2.32. The summed E-state index contributed by atoms with van der Waals surface area (Å²) in [6, 6.07) is 2.08. The van der Waals surface area contributed by atoms with Gasteiger partial charge in [0.15, 0.2) is 11.6 Å². The summed E-state index contributed by atoms with van der Waals surface area (Å²) < 4.78 is 10.3. The van der Waals surface area contributed by atoms with Crippen LogP contribution in [0.3, 0.4) is 0 Å². The van der Waals surface area contributed by atoms with Crippen LogP contribution in [-0.4, -0.2) is 27.1 Å². The lowest BCUT2D eigenvalue weighted by Crippen LogP contribution is -2.31. The molecule has 0 aliphatic heterocycles. The Morgan fingerprint density at radius 3 is 2.57 bits per heavy atom. The molecular formula is C15H17N3O5. The van der Waals surface area contributed by atoms with Crippen LogP contribution in [0.25, 0.3) is 0 Å². The van der Waals surface area contributed by atoms with E-state index < -0.39 is 17.9 Å². The monoisotopic (exact) mass is 319 g/mol. The van der Waals surface area contributed by atoms with Gasteiger partial charge in [0.25, 0.3) is 5.91 Å². The Bertz CT molecular complexity index is 729. The van der Waals surface area contributed by atoms with Crippen molar-refractivity contribution in [3.8, 4) is 0 Å². The predicted octanol–water partition coefficient (Wildman–Crippen LogP) is 2.37. The summed E-state index contributed by atoms with van der Waals surface area (Å²) in [5.41, 5.74) is 0. The van der Waals surface area contributed by atoms with Crippen LogP contribution < -0.4 is 5.32 Å². The SMILES string of the molecule is CC(C)[C@H](NC(=O)c1ccc(C(=O)O)o1)c1nc(C2CC2)no1. The third-order valence-electron chi connectivity index (χ3n) is 3.66. The molecule has 2 aromatic heterocycles. The molecule has 0 saturated heterocycles. The molecule has 1 aliphatic carbocycles. The Hall–Kier alpha value is -2.64. The van der Waals surface area contributed by atoms with E-state index in [4.69, 9.17) is 14.0 Å². The van der Waals surface area contributed by atoms with Crippen molar-refractivity contribution in [2.75, 3.05) is 0 Å². The molecule has 8 heteroatoms. The maximum atomic E-state index is 12.2. The van der Waals surface area contributed by atoms with Crippen LogP contribution in [0.2, 0.25) is 0 Å². The topological polar surface area (TPSA) is 118 Å². The first-order chi connectivity index (χ1) is 11.0. The van der Waals surface area contributed by atoms with Crippen LogP contribution in [-0.2, 0) is 0 Å². The number of hydrogen-bond acceptors (Lipinski definition) is 6. The number of carbonyl (C=O) groups is 2. The zero-order chi connectivity index (χ0) is 16.6. The van der Waals surface area contributed by atoms with Gasteiger partial charge in [0.2, 0.25) is 11.7 Å². The van der Waals surface area contributed by atoms with Crippen LogP contribution in [0.1, 0.15) is 71.5 Å². The van der Waals surface area contributed by atoms with Gasteiger partial charge in [-0.1, -0.05) is 19.0 Å². The molecule has 2 aromatic rings. The minimum Gasteiger partial charge on any atom is -0.475 e. The number of amides is 1. The first-order valence-corrected chi connectivity index (χ1v) is 7.43. The number of carbonyl (C=O) groups excluding carboxylic acids is 1. The van der Waals surface area contributed by atoms with E-state index in [0.717, 1.165) is 12.8 Å². The van der Waals surface area contributed by atoms with E-state index in [1.54, 1.807) is 0 Å². The van der Waals surface area contributed by atoms with Gasteiger partial charge in [0, 0.05) is 5.92 Å². The molecule has 0 bridgehead atoms. The molecule has 1 fully saturated rings. The van der Waals surface area contributed by atoms with Gasteiger partial charge in [-0.25, -0.2) is 4.79 Å². The molecule has 1 aliphatic rings. The molecule has 2 heterocycles. The van der Waals surface area contributed by atoms with E-state index in [0.29, 0.717) is 17.6 Å². The van der Waals surface area contributed by atoms with Crippen molar-refractivity contribution >= 4 is 11.9 Å². The summed E-state index contributed by atoms with van der Waals surface area (Å²) in [4.78, 5) is 27.4. The summed E-state index contributed by atoms with van der Waals surface area (Å²) >= 11 is 0. The summed E-state index contributed by atoms with van der Waals surface area (Å²) in [5, 5.41) is 15.5. The molecule has 0 radical (unpaired) electrons. The number of aromatic carboxylic acids is 1. The maximum absolute atomic E-state index is 12.2. The third kappa shape index (κ3) is 3.25. The second-order valence-corrected chi connectivity index (χ2v) is 5.93. The average molecular weight is 319 g/mol. The van der Waals surface area contributed by atoms with Crippen molar-refractivity contribution in [3.05, 3.63) is 35.4 Å². The summed E-state index contributed by atoms with van der Waals surface area (Å²) in [6.45, 7) is 3.83. The molecule has 2 N–H and O–H groups in total. The first kappa shape index (κ1) is 15.3. The van der Waals surface area contributed by atoms with Gasteiger partial charge in [-0.05, 0) is 30.9 Å². The van der Waals surface area contributed by atoms with E-state index in [1.807, 2.05) is 13.8 Å². The molecule has 1 amide bonds. The summed E-state index contributed by atoms with van der Waals surface area (Å²) in [6.07, 6.45) is 2.12. The minimum absolute atomic E-state index is 0.0142. The van der Waals surface area contributed by atoms with Gasteiger partial charge in [0.05, 0.1) is 0 Å². The highest BCUT2D eigenvalue weighted by atomic mass is 16.5. The average Bonchev–Trinajstić information content (AvgIpc) is 3.04. The molecule has 8 nitrogen and oxygen atoms in total. The Morgan fingerprint density at radius 2 is 2.00 bits per heavy atom. The quantitative estimate of drug-likeness (QED) is 0.838. The lowest BCUT2D eigenvalue weighted by molar-refractivity contribution is 0.0659. The first-order valence-electron chi connectivity index (χ1n) is 7.43. The van der Waals surface area contributed by atoms with Gasteiger partial charge in [-0.3, -0.25) is 4.79 Å². The van der Waals surface area contributed by atoms with Gasteiger partial charge < -0.3 is 19.4 Å². The Kier molecular flexibility index (Phi) is 3.89. The zero-order valence-electron chi connectivity index (χ0n) is 12.8. The van der Waals surface area contributed by atoms with Crippen LogP contribution in [0.4, 0.5) is 0 Å². The minimum atomic E-state index is -1.23. The Labute approximate surface area is 131 Å². The smallest absolute Gasteiger partial charge is 0.371 e. The van der Waals surface area contributed by atoms with E-state index >= 15 is 0 Å². The zero-order valence-corrected chi connectivity index (χ0v) is 12.8. The van der Waals surface area contributed by atoms with E-state index in [-0.39, 0.29) is 17.4 Å². The number of furan rings is 1. The molecule has 0 spiro atoms. The summed E-state index contributed by atoms with van der Waals surface area (Å²) in [5.74, 6) is -0.719.